The Hall–Kier alpha value is -2.61. The molecule has 0 unspecified atom stereocenters. The van der Waals surface area contributed by atoms with Gasteiger partial charge in [-0.05, 0) is 36.6 Å². The zero-order valence-electron chi connectivity index (χ0n) is 16.0. The van der Waals surface area contributed by atoms with Gasteiger partial charge in [-0.2, -0.15) is 0 Å². The molecular formula is C21H24N2O5S. The molecule has 0 bridgehead atoms. The normalized spacial score (nSPS) is 17.7. The molecule has 0 radical (unpaired) electrons. The van der Waals surface area contributed by atoms with Crippen molar-refractivity contribution < 1.29 is 22.7 Å². The van der Waals surface area contributed by atoms with Gasteiger partial charge < -0.3 is 14.8 Å². The highest BCUT2D eigenvalue weighted by molar-refractivity contribution is 7.91. The van der Waals surface area contributed by atoms with Crippen LogP contribution in [-0.2, 0) is 14.6 Å². The largest absolute Gasteiger partial charge is 0.454 e. The quantitative estimate of drug-likeness (QED) is 0.778. The van der Waals surface area contributed by atoms with Crippen LogP contribution in [0.15, 0.2) is 47.6 Å². The monoisotopic (exact) mass is 416 g/mol. The first-order chi connectivity index (χ1) is 14.1. The first kappa shape index (κ1) is 19.7. The standard InChI is InChI=1S/C21H24N2O5S/c24-21(15-5-2-1-3-6-15)23-13-20(16-7-4-10-22-12-16)29(25,26)17-8-9-18-19(11-17)28-14-27-18/h4,7-12,15,20H,1-3,5-6,13-14H2,(H,23,24)/t20-/m1/s1. The van der Waals surface area contributed by atoms with E-state index in [2.05, 4.69) is 10.3 Å². The summed E-state index contributed by atoms with van der Waals surface area (Å²) in [6.07, 6.45) is 8.08. The number of amides is 1. The Morgan fingerprint density at radius 2 is 1.93 bits per heavy atom. The van der Waals surface area contributed by atoms with E-state index in [0.717, 1.165) is 32.1 Å². The fraction of sp³-hybridized carbons (Fsp3) is 0.429. The first-order valence-electron chi connectivity index (χ1n) is 9.87. The Balaban J connectivity index is 1.59. The van der Waals surface area contributed by atoms with Crippen LogP contribution in [0.2, 0.25) is 0 Å². The van der Waals surface area contributed by atoms with E-state index < -0.39 is 15.1 Å². The predicted molar refractivity (Wildman–Crippen MR) is 106 cm³/mol. The number of hydrogen-bond donors (Lipinski definition) is 1. The number of pyridine rings is 1. The Morgan fingerprint density at radius 1 is 1.14 bits per heavy atom. The third kappa shape index (κ3) is 4.22. The van der Waals surface area contributed by atoms with Crippen LogP contribution >= 0.6 is 0 Å². The second-order valence-electron chi connectivity index (χ2n) is 7.42. The van der Waals surface area contributed by atoms with Crippen molar-refractivity contribution in [3.8, 4) is 11.5 Å². The summed E-state index contributed by atoms with van der Waals surface area (Å²) in [5.74, 6) is 0.820. The smallest absolute Gasteiger partial charge is 0.231 e. The lowest BCUT2D eigenvalue weighted by Crippen LogP contribution is -2.36. The molecular weight excluding hydrogens is 392 g/mol. The molecule has 1 atom stereocenters. The second-order valence-corrected chi connectivity index (χ2v) is 9.55. The number of carbonyl (C=O) groups is 1. The van der Waals surface area contributed by atoms with Gasteiger partial charge in [0.1, 0.15) is 5.25 Å². The SMILES string of the molecule is O=C(NC[C@H](c1cccnc1)S(=O)(=O)c1ccc2c(c1)OCO2)C1CCCCC1. The van der Waals surface area contributed by atoms with Crippen molar-refractivity contribution in [2.45, 2.75) is 42.2 Å². The van der Waals surface area contributed by atoms with Gasteiger partial charge in [-0.15, -0.1) is 0 Å². The van der Waals surface area contributed by atoms with Crippen LogP contribution in [0.25, 0.3) is 0 Å². The van der Waals surface area contributed by atoms with E-state index in [1.165, 1.54) is 18.3 Å². The Bertz CT molecular complexity index is 972. The molecule has 29 heavy (non-hydrogen) atoms. The van der Waals surface area contributed by atoms with Crippen molar-refractivity contribution in [1.29, 1.82) is 0 Å². The summed E-state index contributed by atoms with van der Waals surface area (Å²) < 4.78 is 37.5. The fourth-order valence-corrected chi connectivity index (χ4v) is 5.55. The molecule has 2 aromatic rings. The topological polar surface area (TPSA) is 94.6 Å². The number of ether oxygens (including phenoxy) is 2. The summed E-state index contributed by atoms with van der Waals surface area (Å²) in [4.78, 5) is 16.8. The highest BCUT2D eigenvalue weighted by Crippen LogP contribution is 2.37. The van der Waals surface area contributed by atoms with Crippen LogP contribution in [0.3, 0.4) is 0 Å². The van der Waals surface area contributed by atoms with E-state index in [4.69, 9.17) is 9.47 Å². The third-order valence-corrected chi connectivity index (χ3v) is 7.64. The van der Waals surface area contributed by atoms with Crippen molar-refractivity contribution in [2.24, 2.45) is 5.92 Å². The molecule has 1 aliphatic carbocycles. The van der Waals surface area contributed by atoms with Crippen molar-refractivity contribution >= 4 is 15.7 Å². The number of fused-ring (bicyclic) bond motifs is 1. The number of hydrogen-bond acceptors (Lipinski definition) is 6. The van der Waals surface area contributed by atoms with Crippen LogP contribution in [-0.4, -0.2) is 32.6 Å². The molecule has 2 heterocycles. The van der Waals surface area contributed by atoms with Gasteiger partial charge in [0.2, 0.25) is 12.7 Å². The zero-order valence-corrected chi connectivity index (χ0v) is 16.9. The van der Waals surface area contributed by atoms with E-state index in [9.17, 15) is 13.2 Å². The van der Waals surface area contributed by atoms with Crippen LogP contribution in [0.5, 0.6) is 11.5 Å². The van der Waals surface area contributed by atoms with Crippen LogP contribution in [0, 0.1) is 5.92 Å². The van der Waals surface area contributed by atoms with E-state index >= 15 is 0 Å². The highest BCUT2D eigenvalue weighted by Gasteiger charge is 2.32. The minimum atomic E-state index is -3.79. The lowest BCUT2D eigenvalue weighted by Gasteiger charge is -2.23. The van der Waals surface area contributed by atoms with Crippen molar-refractivity contribution in [2.75, 3.05) is 13.3 Å². The summed E-state index contributed by atoms with van der Waals surface area (Å²) in [7, 11) is -3.79. The summed E-state index contributed by atoms with van der Waals surface area (Å²) in [5.41, 5.74) is 0.536. The first-order valence-corrected chi connectivity index (χ1v) is 11.4. The van der Waals surface area contributed by atoms with Crippen molar-refractivity contribution in [1.82, 2.24) is 10.3 Å². The molecule has 1 aromatic carbocycles. The zero-order chi connectivity index (χ0) is 20.3. The highest BCUT2D eigenvalue weighted by atomic mass is 32.2. The molecule has 0 spiro atoms. The van der Waals surface area contributed by atoms with Gasteiger partial charge in [-0.3, -0.25) is 9.78 Å². The summed E-state index contributed by atoms with van der Waals surface area (Å²) in [6.45, 7) is 0.0696. The molecule has 8 heteroatoms. The molecule has 1 aromatic heterocycles. The molecule has 0 saturated heterocycles. The number of aromatic nitrogens is 1. The van der Waals surface area contributed by atoms with Crippen LogP contribution in [0.4, 0.5) is 0 Å². The molecule has 7 nitrogen and oxygen atoms in total. The van der Waals surface area contributed by atoms with Gasteiger partial charge in [0.25, 0.3) is 0 Å². The van der Waals surface area contributed by atoms with Gasteiger partial charge in [-0.1, -0.05) is 25.3 Å². The number of carbonyl (C=O) groups excluding carboxylic acids is 1. The average Bonchev–Trinajstić information content (AvgIpc) is 3.23. The second kappa shape index (κ2) is 8.41. The lowest BCUT2D eigenvalue weighted by atomic mass is 9.88. The van der Waals surface area contributed by atoms with Gasteiger partial charge in [0.05, 0.1) is 4.90 Å². The van der Waals surface area contributed by atoms with E-state index in [0.29, 0.717) is 17.1 Å². The Labute approximate surface area is 170 Å². The molecule has 1 saturated carbocycles. The molecule has 4 rings (SSSR count). The van der Waals surface area contributed by atoms with Crippen LogP contribution < -0.4 is 14.8 Å². The predicted octanol–water partition coefficient (Wildman–Crippen LogP) is 3.02. The molecule has 1 fully saturated rings. The molecule has 1 amide bonds. The average molecular weight is 416 g/mol. The minimum Gasteiger partial charge on any atom is -0.454 e. The Morgan fingerprint density at radius 3 is 2.69 bits per heavy atom. The van der Waals surface area contributed by atoms with Crippen molar-refractivity contribution in [3.63, 3.8) is 0 Å². The maximum atomic E-state index is 13.4. The maximum absolute atomic E-state index is 13.4. The summed E-state index contributed by atoms with van der Waals surface area (Å²) in [5, 5.41) is 1.94. The number of sulfone groups is 1. The molecule has 1 N–H and O–H groups in total. The number of nitrogens with zero attached hydrogens (tertiary/aromatic N) is 1. The molecule has 1 aliphatic heterocycles. The Kier molecular flexibility index (Phi) is 5.71. The number of benzene rings is 1. The lowest BCUT2D eigenvalue weighted by molar-refractivity contribution is -0.125. The fourth-order valence-electron chi connectivity index (χ4n) is 3.89. The van der Waals surface area contributed by atoms with Crippen LogP contribution in [0.1, 0.15) is 42.9 Å². The third-order valence-electron chi connectivity index (χ3n) is 5.54. The number of rotatable bonds is 6. The maximum Gasteiger partial charge on any atom is 0.231 e. The van der Waals surface area contributed by atoms with E-state index in [1.54, 1.807) is 24.4 Å². The van der Waals surface area contributed by atoms with Gasteiger partial charge in [0.15, 0.2) is 21.3 Å². The van der Waals surface area contributed by atoms with Gasteiger partial charge >= 0.3 is 0 Å². The van der Waals surface area contributed by atoms with Gasteiger partial charge in [-0.25, -0.2) is 8.42 Å². The minimum absolute atomic E-state index is 0.00218. The van der Waals surface area contributed by atoms with E-state index in [1.807, 2.05) is 0 Å². The van der Waals surface area contributed by atoms with E-state index in [-0.39, 0.29) is 30.1 Å². The molecule has 154 valence electrons. The van der Waals surface area contributed by atoms with Crippen molar-refractivity contribution in [3.05, 3.63) is 48.3 Å². The summed E-state index contributed by atoms with van der Waals surface area (Å²) in [6, 6.07) is 7.99. The number of nitrogens with one attached hydrogen (secondary N) is 1. The molecule has 2 aliphatic rings. The van der Waals surface area contributed by atoms with Gasteiger partial charge in [0, 0.05) is 30.9 Å². The summed E-state index contributed by atoms with van der Waals surface area (Å²) >= 11 is 0.